The summed E-state index contributed by atoms with van der Waals surface area (Å²) in [4.78, 5) is 14.6. The first kappa shape index (κ1) is 12.7. The smallest absolute Gasteiger partial charge is 0.319 e. The molecule has 0 saturated heterocycles. The monoisotopic (exact) mass is 210 g/mol. The predicted molar refractivity (Wildman–Crippen MR) is 41.6 cm³/mol. The van der Waals surface area contributed by atoms with Crippen molar-refractivity contribution in [3.05, 3.63) is 0 Å². The number of alkyl halides is 3. The zero-order chi connectivity index (χ0) is 11.2. The van der Waals surface area contributed by atoms with Crippen LogP contribution in [0.15, 0.2) is 0 Å². The van der Waals surface area contributed by atoms with E-state index in [2.05, 4.69) is 10.8 Å². The fraction of sp³-hybridized carbons (Fsp3) is 0.571. The van der Waals surface area contributed by atoms with Crippen LogP contribution in [0.1, 0.15) is 6.42 Å². The maximum atomic E-state index is 11.5. The number of hydrogen-bond donors (Lipinski definition) is 2. The lowest BCUT2D eigenvalue weighted by Crippen LogP contribution is -2.41. The van der Waals surface area contributed by atoms with Gasteiger partial charge in [0.25, 0.3) is 5.91 Å². The molecular weight excluding hydrogens is 201 g/mol. The Morgan fingerprint density at radius 3 is 2.64 bits per heavy atom. The Bertz CT molecular complexity index is 234. The lowest BCUT2D eigenvalue weighted by Gasteiger charge is -2.10. The lowest BCUT2D eigenvalue weighted by atomic mass is 10.2. The molecule has 7 heteroatoms. The first-order valence-corrected chi connectivity index (χ1v) is 3.54. The van der Waals surface area contributed by atoms with Crippen LogP contribution >= 0.6 is 0 Å². The Balaban J connectivity index is 3.71. The Morgan fingerprint density at radius 1 is 1.64 bits per heavy atom. The summed E-state index contributed by atoms with van der Waals surface area (Å²) in [5, 5.41) is 0. The third-order valence-electron chi connectivity index (χ3n) is 1.08. The van der Waals surface area contributed by atoms with Crippen molar-refractivity contribution in [2.75, 3.05) is 6.61 Å². The average molecular weight is 210 g/mol. The molecular formula is C7H9F3N2O2. The number of hydrogen-bond acceptors (Lipinski definition) is 3. The molecule has 0 aliphatic carbocycles. The molecule has 0 bridgehead atoms. The Kier molecular flexibility index (Phi) is 4.97. The van der Waals surface area contributed by atoms with E-state index in [9.17, 15) is 18.0 Å². The van der Waals surface area contributed by atoms with Gasteiger partial charge in [0.1, 0.15) is 0 Å². The highest BCUT2D eigenvalue weighted by Gasteiger charge is 2.28. The number of amides is 1. The average Bonchev–Trinajstić information content (AvgIpc) is 2.02. The minimum absolute atomic E-state index is 0.0682. The zero-order valence-corrected chi connectivity index (χ0v) is 7.10. The van der Waals surface area contributed by atoms with Crippen molar-refractivity contribution in [2.24, 2.45) is 5.73 Å². The Labute approximate surface area is 78.5 Å². The van der Waals surface area contributed by atoms with Crippen LogP contribution in [0.4, 0.5) is 13.2 Å². The standard InChI is InChI=1S/C7H9F3N2O2/c1-2-3-5(11)6(13)12-14-4-7(8,9)10/h1,5H,3-4,11H2,(H,12,13). The van der Waals surface area contributed by atoms with E-state index in [-0.39, 0.29) is 6.42 Å². The van der Waals surface area contributed by atoms with E-state index in [0.29, 0.717) is 0 Å². The number of halogens is 3. The van der Waals surface area contributed by atoms with Crippen LogP contribution in [-0.4, -0.2) is 24.7 Å². The first-order chi connectivity index (χ1) is 6.37. The molecule has 1 unspecified atom stereocenters. The third kappa shape index (κ3) is 6.28. The topological polar surface area (TPSA) is 64.4 Å². The van der Waals surface area contributed by atoms with Crippen LogP contribution in [0.2, 0.25) is 0 Å². The van der Waals surface area contributed by atoms with Crippen LogP contribution in [0, 0.1) is 12.3 Å². The predicted octanol–water partition coefficient (Wildman–Crippen LogP) is -0.0529. The fourth-order valence-corrected chi connectivity index (χ4v) is 0.484. The quantitative estimate of drug-likeness (QED) is 0.505. The molecule has 14 heavy (non-hydrogen) atoms. The van der Waals surface area contributed by atoms with Crippen LogP contribution < -0.4 is 11.2 Å². The first-order valence-electron chi connectivity index (χ1n) is 3.54. The molecule has 0 heterocycles. The lowest BCUT2D eigenvalue weighted by molar-refractivity contribution is -0.192. The van der Waals surface area contributed by atoms with E-state index in [1.165, 1.54) is 0 Å². The van der Waals surface area contributed by atoms with Crippen molar-refractivity contribution >= 4 is 5.91 Å². The van der Waals surface area contributed by atoms with Crippen LogP contribution in [0.25, 0.3) is 0 Å². The van der Waals surface area contributed by atoms with Gasteiger partial charge in [-0.15, -0.1) is 12.3 Å². The van der Waals surface area contributed by atoms with Gasteiger partial charge in [0.15, 0.2) is 6.61 Å². The van der Waals surface area contributed by atoms with Crippen LogP contribution in [0.5, 0.6) is 0 Å². The van der Waals surface area contributed by atoms with E-state index in [1.54, 1.807) is 5.48 Å². The summed E-state index contributed by atoms with van der Waals surface area (Å²) >= 11 is 0. The number of nitrogens with one attached hydrogen (secondary N) is 1. The van der Waals surface area contributed by atoms with Gasteiger partial charge in [-0.1, -0.05) is 0 Å². The van der Waals surface area contributed by atoms with Crippen molar-refractivity contribution < 1.29 is 22.8 Å². The maximum Gasteiger partial charge on any atom is 0.414 e. The highest BCUT2D eigenvalue weighted by Crippen LogP contribution is 2.13. The summed E-state index contributed by atoms with van der Waals surface area (Å²) < 4.78 is 34.5. The molecule has 0 spiro atoms. The summed E-state index contributed by atoms with van der Waals surface area (Å²) in [7, 11) is 0. The van der Waals surface area contributed by atoms with E-state index in [1.807, 2.05) is 0 Å². The summed E-state index contributed by atoms with van der Waals surface area (Å²) in [5.41, 5.74) is 6.71. The summed E-state index contributed by atoms with van der Waals surface area (Å²) in [6, 6.07) is -1.06. The fourth-order valence-electron chi connectivity index (χ4n) is 0.484. The van der Waals surface area contributed by atoms with Gasteiger partial charge in [0.2, 0.25) is 0 Å². The van der Waals surface area contributed by atoms with Gasteiger partial charge in [-0.05, 0) is 0 Å². The molecule has 0 radical (unpaired) electrons. The molecule has 80 valence electrons. The highest BCUT2D eigenvalue weighted by atomic mass is 19.4. The summed E-state index contributed by atoms with van der Waals surface area (Å²) in [6.07, 6.45) is 0.270. The zero-order valence-electron chi connectivity index (χ0n) is 7.10. The molecule has 0 aromatic heterocycles. The van der Waals surface area contributed by atoms with Crippen molar-refractivity contribution in [3.8, 4) is 12.3 Å². The Morgan fingerprint density at radius 2 is 2.21 bits per heavy atom. The van der Waals surface area contributed by atoms with Gasteiger partial charge >= 0.3 is 6.18 Å². The van der Waals surface area contributed by atoms with Gasteiger partial charge in [-0.2, -0.15) is 13.2 Å². The van der Waals surface area contributed by atoms with Gasteiger partial charge in [0, 0.05) is 6.42 Å². The molecule has 3 N–H and O–H groups in total. The summed E-state index contributed by atoms with van der Waals surface area (Å²) in [6.45, 7) is -1.57. The number of carbonyl (C=O) groups is 1. The Hall–Kier alpha value is -1.26. The number of rotatable bonds is 4. The molecule has 1 atom stereocenters. The minimum Gasteiger partial charge on any atom is -0.319 e. The minimum atomic E-state index is -4.50. The molecule has 0 fully saturated rings. The second kappa shape index (κ2) is 5.47. The molecule has 0 saturated carbocycles. The molecule has 0 aliphatic rings. The molecule has 0 aromatic rings. The van der Waals surface area contributed by atoms with Crippen molar-refractivity contribution in [1.29, 1.82) is 0 Å². The number of nitrogens with two attached hydrogens (primary N) is 1. The normalized spacial score (nSPS) is 13.1. The summed E-state index contributed by atoms with van der Waals surface area (Å²) in [5.74, 6) is 1.21. The van der Waals surface area contributed by atoms with Gasteiger partial charge in [-0.25, -0.2) is 5.48 Å². The molecule has 1 amide bonds. The van der Waals surface area contributed by atoms with Crippen LogP contribution in [-0.2, 0) is 9.63 Å². The number of hydroxylamine groups is 1. The number of terminal acetylenes is 1. The van der Waals surface area contributed by atoms with E-state index in [4.69, 9.17) is 12.2 Å². The van der Waals surface area contributed by atoms with Gasteiger partial charge < -0.3 is 5.73 Å². The molecule has 0 rings (SSSR count). The largest absolute Gasteiger partial charge is 0.414 e. The van der Waals surface area contributed by atoms with Crippen LogP contribution in [0.3, 0.4) is 0 Å². The van der Waals surface area contributed by atoms with E-state index >= 15 is 0 Å². The second-order valence-electron chi connectivity index (χ2n) is 2.38. The number of carbonyl (C=O) groups excluding carboxylic acids is 1. The maximum absolute atomic E-state index is 11.5. The van der Waals surface area contributed by atoms with E-state index in [0.717, 1.165) is 0 Å². The molecule has 0 aromatic carbocycles. The van der Waals surface area contributed by atoms with Crippen molar-refractivity contribution in [1.82, 2.24) is 5.48 Å². The molecule has 4 nitrogen and oxygen atoms in total. The second-order valence-corrected chi connectivity index (χ2v) is 2.38. The van der Waals surface area contributed by atoms with E-state index < -0.39 is 24.7 Å². The third-order valence-corrected chi connectivity index (χ3v) is 1.08. The van der Waals surface area contributed by atoms with Crippen molar-refractivity contribution in [2.45, 2.75) is 18.6 Å². The van der Waals surface area contributed by atoms with Crippen molar-refractivity contribution in [3.63, 3.8) is 0 Å². The molecule has 0 aliphatic heterocycles. The van der Waals surface area contributed by atoms with Gasteiger partial charge in [0.05, 0.1) is 6.04 Å². The SMILES string of the molecule is C#CCC(N)C(=O)NOCC(F)(F)F. The van der Waals surface area contributed by atoms with Gasteiger partial charge in [-0.3, -0.25) is 9.63 Å². The highest BCUT2D eigenvalue weighted by molar-refractivity contribution is 5.80.